The van der Waals surface area contributed by atoms with E-state index < -0.39 is 11.9 Å². The first-order valence-electron chi connectivity index (χ1n) is 15.3. The highest BCUT2D eigenvalue weighted by Crippen LogP contribution is 2.37. The van der Waals surface area contributed by atoms with Crippen molar-refractivity contribution >= 4 is 57.1 Å². The number of piperidine rings is 1. The summed E-state index contributed by atoms with van der Waals surface area (Å²) in [6.45, 7) is 5.25. The summed E-state index contributed by atoms with van der Waals surface area (Å²) >= 11 is 12.8. The molecule has 0 aliphatic carbocycles. The molecule has 1 fully saturated rings. The molecule has 0 radical (unpaired) electrons. The van der Waals surface area contributed by atoms with Crippen LogP contribution < -0.4 is 21.7 Å². The first kappa shape index (κ1) is 33.8. The summed E-state index contributed by atoms with van der Waals surface area (Å²) in [6.07, 6.45) is 5.29. The molecule has 1 atom stereocenters. The lowest BCUT2D eigenvalue weighted by Gasteiger charge is -2.31. The van der Waals surface area contributed by atoms with E-state index in [4.69, 9.17) is 28.9 Å². The van der Waals surface area contributed by atoms with Gasteiger partial charge in [-0.25, -0.2) is 4.39 Å². The van der Waals surface area contributed by atoms with Crippen LogP contribution in [0.15, 0.2) is 72.7 Å². The molecule has 1 unspecified atom stereocenters. The molecule has 9 nitrogen and oxygen atoms in total. The Balaban J connectivity index is 1.54. The summed E-state index contributed by atoms with van der Waals surface area (Å²) in [5.74, 6) is -0.685. The highest BCUT2D eigenvalue weighted by molar-refractivity contribution is 6.36. The van der Waals surface area contributed by atoms with Crippen molar-refractivity contribution in [1.29, 1.82) is 5.26 Å². The molecule has 5 N–H and O–H groups in total. The highest BCUT2D eigenvalue weighted by atomic mass is 35.5. The zero-order valence-corrected chi connectivity index (χ0v) is 28.0. The Morgan fingerprint density at radius 3 is 2.57 bits per heavy atom. The first-order chi connectivity index (χ1) is 22.6. The topological polar surface area (TPSA) is 122 Å². The predicted molar refractivity (Wildman–Crippen MR) is 188 cm³/mol. The van der Waals surface area contributed by atoms with E-state index in [1.807, 2.05) is 30.5 Å². The number of likely N-dealkylation sites (tertiary alicyclic amines) is 1. The number of pyridine rings is 1. The van der Waals surface area contributed by atoms with Gasteiger partial charge in [-0.1, -0.05) is 42.3 Å². The molecule has 1 amide bonds. The van der Waals surface area contributed by atoms with Crippen LogP contribution in [-0.4, -0.2) is 60.5 Å². The molecule has 4 aromatic rings. The van der Waals surface area contributed by atoms with Gasteiger partial charge in [-0.2, -0.15) is 5.26 Å². The second-order valence-corrected chi connectivity index (χ2v) is 12.5. The van der Waals surface area contributed by atoms with Gasteiger partial charge in [-0.3, -0.25) is 9.78 Å². The zero-order chi connectivity index (χ0) is 33.7. The lowest BCUT2D eigenvalue weighted by molar-refractivity contribution is 0.0827. The van der Waals surface area contributed by atoms with Crippen LogP contribution >= 0.6 is 23.2 Å². The Bertz CT molecular complexity index is 1850. The number of anilines is 3. The number of benzene rings is 3. The smallest absolute Gasteiger partial charge is 0.253 e. The number of nitrogens with one attached hydrogen (secondary N) is 3. The third-order valence-electron chi connectivity index (χ3n) is 8.27. The number of nitrogens with zero attached hydrogens (tertiary/aromatic N) is 4. The van der Waals surface area contributed by atoms with E-state index in [-0.39, 0.29) is 22.5 Å². The Hall–Kier alpha value is -4.56. The molecule has 1 saturated heterocycles. The number of nitrogens with two attached hydrogens (primary N) is 1. The van der Waals surface area contributed by atoms with Gasteiger partial charge >= 0.3 is 0 Å². The molecule has 47 heavy (non-hydrogen) atoms. The molecular weight excluding hydrogens is 638 g/mol. The Kier molecular flexibility index (Phi) is 10.7. The van der Waals surface area contributed by atoms with Crippen molar-refractivity contribution in [2.24, 2.45) is 5.73 Å². The Morgan fingerprint density at radius 1 is 1.15 bits per heavy atom. The Morgan fingerprint density at radius 2 is 1.89 bits per heavy atom. The van der Waals surface area contributed by atoms with E-state index in [1.165, 1.54) is 29.3 Å². The lowest BCUT2D eigenvalue weighted by Crippen LogP contribution is -2.41. The minimum Gasteiger partial charge on any atom is -0.399 e. The number of nitriles is 1. The quantitative estimate of drug-likeness (QED) is 0.142. The number of hydrogen-bond donors (Lipinski definition) is 4. The van der Waals surface area contributed by atoms with Crippen molar-refractivity contribution in [2.45, 2.75) is 31.8 Å². The molecule has 1 aromatic heterocycles. The molecule has 244 valence electrons. The molecule has 0 saturated carbocycles. The van der Waals surface area contributed by atoms with Gasteiger partial charge in [0.25, 0.3) is 5.91 Å². The fourth-order valence-corrected chi connectivity index (χ4v) is 6.08. The zero-order valence-electron chi connectivity index (χ0n) is 26.4. The van der Waals surface area contributed by atoms with Crippen LogP contribution in [0, 0.1) is 17.1 Å². The summed E-state index contributed by atoms with van der Waals surface area (Å²) in [4.78, 5) is 21.3. The third kappa shape index (κ3) is 7.88. The number of rotatable bonds is 10. The van der Waals surface area contributed by atoms with Gasteiger partial charge in [0.15, 0.2) is 0 Å². The van der Waals surface area contributed by atoms with Crippen molar-refractivity contribution in [3.05, 3.63) is 105 Å². The summed E-state index contributed by atoms with van der Waals surface area (Å²) in [6, 6.07) is 17.0. The lowest BCUT2D eigenvalue weighted by atomic mass is 10.00. The maximum absolute atomic E-state index is 13.9. The van der Waals surface area contributed by atoms with Crippen LogP contribution in [-0.2, 0) is 0 Å². The summed E-state index contributed by atoms with van der Waals surface area (Å²) < 4.78 is 13.9. The van der Waals surface area contributed by atoms with Gasteiger partial charge in [0.2, 0.25) is 0 Å². The molecule has 5 rings (SSSR count). The van der Waals surface area contributed by atoms with Crippen molar-refractivity contribution in [2.75, 3.05) is 44.4 Å². The van der Waals surface area contributed by atoms with E-state index in [0.717, 1.165) is 38.0 Å². The van der Waals surface area contributed by atoms with E-state index in [1.54, 1.807) is 26.2 Å². The van der Waals surface area contributed by atoms with Crippen LogP contribution in [0.25, 0.3) is 10.9 Å². The fourth-order valence-electron chi connectivity index (χ4n) is 5.63. The van der Waals surface area contributed by atoms with Crippen molar-refractivity contribution in [3.63, 3.8) is 0 Å². The maximum atomic E-state index is 13.9. The molecular formula is C35H37Cl2FN8O. The van der Waals surface area contributed by atoms with Gasteiger partial charge in [0.1, 0.15) is 11.9 Å². The number of carbonyl (C=O) groups excluding carboxylic acids is 1. The summed E-state index contributed by atoms with van der Waals surface area (Å²) in [7, 11) is 3.41. The second-order valence-electron chi connectivity index (χ2n) is 11.7. The number of fused-ring (bicyclic) bond motifs is 1. The largest absolute Gasteiger partial charge is 0.399 e. The van der Waals surface area contributed by atoms with Crippen LogP contribution in [0.4, 0.5) is 21.5 Å². The van der Waals surface area contributed by atoms with Gasteiger partial charge in [-0.05, 0) is 67.4 Å². The van der Waals surface area contributed by atoms with Gasteiger partial charge in [-0.15, -0.1) is 0 Å². The number of amides is 1. The Labute approximate surface area is 284 Å². The SMILES string of the molecule is CCN1CCC(N/C=C(\N)C(Nc2cc(Cl)c3ncc(C#N)c(Nc4ccc(F)c(Cl)c4)c3c2)c2cccc(C(=O)N(C)C)c2)CC1. The van der Waals surface area contributed by atoms with Crippen LogP contribution in [0.1, 0.15) is 47.3 Å². The average Bonchev–Trinajstić information content (AvgIpc) is 3.07. The first-order valence-corrected chi connectivity index (χ1v) is 16.1. The van der Waals surface area contributed by atoms with Crippen LogP contribution in [0.2, 0.25) is 10.0 Å². The van der Waals surface area contributed by atoms with Gasteiger partial charge < -0.3 is 31.5 Å². The molecule has 0 spiro atoms. The highest BCUT2D eigenvalue weighted by Gasteiger charge is 2.21. The van der Waals surface area contributed by atoms with Crippen LogP contribution in [0.5, 0.6) is 0 Å². The molecule has 3 aromatic carbocycles. The summed E-state index contributed by atoms with van der Waals surface area (Å²) in [5.41, 5.74) is 10.8. The molecule has 12 heteroatoms. The van der Waals surface area contributed by atoms with Gasteiger partial charge in [0.05, 0.1) is 38.6 Å². The fraction of sp³-hybridized carbons (Fsp3) is 0.286. The predicted octanol–water partition coefficient (Wildman–Crippen LogP) is 7.02. The van der Waals surface area contributed by atoms with E-state index in [0.29, 0.717) is 44.2 Å². The third-order valence-corrected chi connectivity index (χ3v) is 8.85. The summed E-state index contributed by atoms with van der Waals surface area (Å²) in [5, 5.41) is 21.0. The van der Waals surface area contributed by atoms with Crippen molar-refractivity contribution < 1.29 is 9.18 Å². The van der Waals surface area contributed by atoms with Gasteiger partial charge in [0, 0.05) is 67.9 Å². The normalized spacial score (nSPS) is 14.8. The van der Waals surface area contributed by atoms with Crippen LogP contribution in [0.3, 0.4) is 0 Å². The average molecular weight is 676 g/mol. The molecule has 0 bridgehead atoms. The van der Waals surface area contributed by atoms with Crippen molar-refractivity contribution in [3.8, 4) is 6.07 Å². The maximum Gasteiger partial charge on any atom is 0.253 e. The molecule has 2 heterocycles. The second kappa shape index (κ2) is 14.9. The monoisotopic (exact) mass is 674 g/mol. The van der Waals surface area contributed by atoms with E-state index in [2.05, 4.69) is 38.8 Å². The standard InChI is InChI=1S/C35H37Cl2FN8O/c1-4-46-12-10-24(11-13-46)41-20-31(40)33(21-6-5-7-22(14-21)35(47)45(2)3)44-26-15-27-32(43-25-8-9-30(38)28(36)16-25)23(18-39)19-42-34(27)29(37)17-26/h5-9,14-17,19-20,24,33,41,44H,4,10-13,40H2,1-3H3,(H,42,43)/b31-20-. The number of halogens is 3. The van der Waals surface area contributed by atoms with E-state index >= 15 is 0 Å². The minimum absolute atomic E-state index is 0.0585. The molecule has 1 aliphatic heterocycles. The van der Waals surface area contributed by atoms with Crippen molar-refractivity contribution in [1.82, 2.24) is 20.1 Å². The number of hydrogen-bond acceptors (Lipinski definition) is 8. The number of carbonyl (C=O) groups is 1. The number of aromatic nitrogens is 1. The van der Waals surface area contributed by atoms with E-state index in [9.17, 15) is 14.4 Å². The molecule has 1 aliphatic rings. The minimum atomic E-state index is -0.555.